The van der Waals surface area contributed by atoms with Gasteiger partial charge in [-0.2, -0.15) is 0 Å². The maximum absolute atomic E-state index is 12.4. The summed E-state index contributed by atoms with van der Waals surface area (Å²) in [6.07, 6.45) is 0. The summed E-state index contributed by atoms with van der Waals surface area (Å²) in [4.78, 5) is 14.3. The van der Waals surface area contributed by atoms with Crippen LogP contribution in [0.3, 0.4) is 0 Å². The second-order valence-electron chi connectivity index (χ2n) is 5.77. The SMILES string of the molecule is Cc1ccc(N(C)CC(=O)Nc2cccc3ccccc23)cc1. The molecule has 0 unspecified atom stereocenters. The largest absolute Gasteiger partial charge is 0.365 e. The highest BCUT2D eigenvalue weighted by Crippen LogP contribution is 2.23. The van der Waals surface area contributed by atoms with Gasteiger partial charge < -0.3 is 10.2 Å². The van der Waals surface area contributed by atoms with Crippen LogP contribution < -0.4 is 10.2 Å². The lowest BCUT2D eigenvalue weighted by atomic mass is 10.1. The topological polar surface area (TPSA) is 32.3 Å². The van der Waals surface area contributed by atoms with Gasteiger partial charge in [-0.25, -0.2) is 0 Å². The second-order valence-corrected chi connectivity index (χ2v) is 5.77. The molecule has 0 aliphatic carbocycles. The molecule has 0 radical (unpaired) electrons. The number of amides is 1. The fraction of sp³-hybridized carbons (Fsp3) is 0.150. The minimum atomic E-state index is -0.0237. The van der Waals surface area contributed by atoms with Crippen LogP contribution in [0.1, 0.15) is 5.56 Å². The molecular weight excluding hydrogens is 284 g/mol. The van der Waals surface area contributed by atoms with Crippen molar-refractivity contribution in [3.8, 4) is 0 Å². The van der Waals surface area contributed by atoms with Crippen molar-refractivity contribution < 1.29 is 4.79 Å². The zero-order chi connectivity index (χ0) is 16.2. The van der Waals surface area contributed by atoms with E-state index in [2.05, 4.69) is 24.4 Å². The zero-order valence-electron chi connectivity index (χ0n) is 13.4. The molecule has 1 N–H and O–H groups in total. The minimum Gasteiger partial charge on any atom is -0.365 e. The highest BCUT2D eigenvalue weighted by Gasteiger charge is 2.09. The number of anilines is 2. The second kappa shape index (κ2) is 6.53. The Labute approximate surface area is 136 Å². The van der Waals surface area contributed by atoms with E-state index in [0.717, 1.165) is 22.1 Å². The van der Waals surface area contributed by atoms with Gasteiger partial charge in [0.2, 0.25) is 5.91 Å². The van der Waals surface area contributed by atoms with E-state index >= 15 is 0 Å². The molecule has 3 aromatic rings. The lowest BCUT2D eigenvalue weighted by Gasteiger charge is -2.19. The molecule has 1 amide bonds. The molecule has 0 aliphatic heterocycles. The summed E-state index contributed by atoms with van der Waals surface area (Å²) >= 11 is 0. The molecular formula is C20H20N2O. The summed E-state index contributed by atoms with van der Waals surface area (Å²) in [5, 5.41) is 5.20. The van der Waals surface area contributed by atoms with E-state index in [-0.39, 0.29) is 5.91 Å². The van der Waals surface area contributed by atoms with E-state index in [1.807, 2.05) is 66.5 Å². The van der Waals surface area contributed by atoms with E-state index in [1.165, 1.54) is 5.56 Å². The van der Waals surface area contributed by atoms with Crippen molar-refractivity contribution in [2.75, 3.05) is 23.8 Å². The molecule has 3 aromatic carbocycles. The lowest BCUT2D eigenvalue weighted by Crippen LogP contribution is -2.30. The third-order valence-corrected chi connectivity index (χ3v) is 3.92. The number of benzene rings is 3. The molecule has 3 heteroatoms. The van der Waals surface area contributed by atoms with Gasteiger partial charge in [0.25, 0.3) is 0 Å². The Kier molecular flexibility index (Phi) is 4.29. The quantitative estimate of drug-likeness (QED) is 0.782. The average Bonchev–Trinajstić information content (AvgIpc) is 2.55. The van der Waals surface area contributed by atoms with Crippen LogP contribution in [-0.2, 0) is 4.79 Å². The molecule has 0 spiro atoms. The van der Waals surface area contributed by atoms with Crippen LogP contribution in [0.25, 0.3) is 10.8 Å². The Hall–Kier alpha value is -2.81. The van der Waals surface area contributed by atoms with E-state index in [1.54, 1.807) is 0 Å². The summed E-state index contributed by atoms with van der Waals surface area (Å²) in [5.74, 6) is -0.0237. The summed E-state index contributed by atoms with van der Waals surface area (Å²) in [6, 6.07) is 22.1. The molecule has 23 heavy (non-hydrogen) atoms. The van der Waals surface area contributed by atoms with E-state index in [0.29, 0.717) is 6.54 Å². The monoisotopic (exact) mass is 304 g/mol. The Balaban J connectivity index is 1.72. The average molecular weight is 304 g/mol. The van der Waals surface area contributed by atoms with Crippen molar-refractivity contribution >= 4 is 28.1 Å². The fourth-order valence-corrected chi connectivity index (χ4v) is 2.63. The van der Waals surface area contributed by atoms with E-state index in [4.69, 9.17) is 0 Å². The van der Waals surface area contributed by atoms with Gasteiger partial charge in [-0.3, -0.25) is 4.79 Å². The molecule has 0 atom stereocenters. The molecule has 3 nitrogen and oxygen atoms in total. The molecule has 0 aliphatic rings. The van der Waals surface area contributed by atoms with Gasteiger partial charge >= 0.3 is 0 Å². The first-order valence-corrected chi connectivity index (χ1v) is 7.69. The Bertz CT molecular complexity index is 819. The normalized spacial score (nSPS) is 10.5. The van der Waals surface area contributed by atoms with Gasteiger partial charge in [-0.1, -0.05) is 54.1 Å². The Morgan fingerprint density at radius 3 is 2.43 bits per heavy atom. The van der Waals surface area contributed by atoms with Crippen LogP contribution >= 0.6 is 0 Å². The van der Waals surface area contributed by atoms with Crippen molar-refractivity contribution in [3.63, 3.8) is 0 Å². The van der Waals surface area contributed by atoms with Crippen molar-refractivity contribution in [3.05, 3.63) is 72.3 Å². The van der Waals surface area contributed by atoms with E-state index in [9.17, 15) is 4.79 Å². The Morgan fingerprint density at radius 2 is 1.65 bits per heavy atom. The molecule has 0 bridgehead atoms. The highest BCUT2D eigenvalue weighted by molar-refractivity contribution is 6.03. The smallest absolute Gasteiger partial charge is 0.243 e. The summed E-state index contributed by atoms with van der Waals surface area (Å²) in [7, 11) is 1.92. The predicted octanol–water partition coefficient (Wildman–Crippen LogP) is 4.22. The number of likely N-dealkylation sites (N-methyl/N-ethyl adjacent to an activating group) is 1. The fourth-order valence-electron chi connectivity index (χ4n) is 2.63. The molecule has 116 valence electrons. The molecule has 0 saturated carbocycles. The van der Waals surface area contributed by atoms with Gasteiger partial charge in [0.05, 0.1) is 6.54 Å². The molecule has 0 fully saturated rings. The van der Waals surface area contributed by atoms with Crippen molar-refractivity contribution in [1.82, 2.24) is 0 Å². The third-order valence-electron chi connectivity index (χ3n) is 3.92. The number of rotatable bonds is 4. The maximum Gasteiger partial charge on any atom is 0.243 e. The number of nitrogens with one attached hydrogen (secondary N) is 1. The van der Waals surface area contributed by atoms with Gasteiger partial charge in [0, 0.05) is 23.8 Å². The lowest BCUT2D eigenvalue weighted by molar-refractivity contribution is -0.114. The number of fused-ring (bicyclic) bond motifs is 1. The van der Waals surface area contributed by atoms with Gasteiger partial charge in [-0.15, -0.1) is 0 Å². The van der Waals surface area contributed by atoms with E-state index < -0.39 is 0 Å². The number of nitrogens with zero attached hydrogens (tertiary/aromatic N) is 1. The predicted molar refractivity (Wildman–Crippen MR) is 97.0 cm³/mol. The van der Waals surface area contributed by atoms with Crippen molar-refractivity contribution in [1.29, 1.82) is 0 Å². The summed E-state index contributed by atoms with van der Waals surface area (Å²) < 4.78 is 0. The highest BCUT2D eigenvalue weighted by atomic mass is 16.2. The zero-order valence-corrected chi connectivity index (χ0v) is 13.4. The summed E-state index contributed by atoms with van der Waals surface area (Å²) in [5.41, 5.74) is 3.09. The Morgan fingerprint density at radius 1 is 0.957 bits per heavy atom. The molecule has 3 rings (SSSR count). The van der Waals surface area contributed by atoms with Crippen molar-refractivity contribution in [2.45, 2.75) is 6.92 Å². The number of hydrogen-bond acceptors (Lipinski definition) is 2. The van der Waals surface area contributed by atoms with Crippen LogP contribution in [-0.4, -0.2) is 19.5 Å². The molecule has 0 saturated heterocycles. The standard InChI is InChI=1S/C20H20N2O/c1-15-10-12-17(13-11-15)22(2)14-20(23)21-19-9-5-7-16-6-3-4-8-18(16)19/h3-13H,14H2,1-2H3,(H,21,23). The van der Waals surface area contributed by atoms with Crippen molar-refractivity contribution in [2.24, 2.45) is 0 Å². The van der Waals surface area contributed by atoms with Gasteiger partial charge in [0.15, 0.2) is 0 Å². The van der Waals surface area contributed by atoms with Crippen LogP contribution in [0, 0.1) is 6.92 Å². The molecule has 0 heterocycles. The van der Waals surface area contributed by atoms with Gasteiger partial charge in [-0.05, 0) is 30.5 Å². The molecule has 0 aromatic heterocycles. The van der Waals surface area contributed by atoms with Crippen LogP contribution in [0.5, 0.6) is 0 Å². The van der Waals surface area contributed by atoms with Crippen LogP contribution in [0.4, 0.5) is 11.4 Å². The van der Waals surface area contributed by atoms with Crippen LogP contribution in [0.2, 0.25) is 0 Å². The first-order chi connectivity index (χ1) is 11.1. The summed E-state index contributed by atoms with van der Waals surface area (Å²) in [6.45, 7) is 2.36. The number of carbonyl (C=O) groups is 1. The number of aryl methyl sites for hydroxylation is 1. The number of carbonyl (C=O) groups excluding carboxylic acids is 1. The number of hydrogen-bond donors (Lipinski definition) is 1. The third kappa shape index (κ3) is 3.51. The first kappa shape index (κ1) is 15.1. The minimum absolute atomic E-state index is 0.0237. The van der Waals surface area contributed by atoms with Crippen LogP contribution in [0.15, 0.2) is 66.7 Å². The maximum atomic E-state index is 12.4. The van der Waals surface area contributed by atoms with Gasteiger partial charge in [0.1, 0.15) is 0 Å². The first-order valence-electron chi connectivity index (χ1n) is 7.69.